The largest absolute Gasteiger partial charge is 0.372 e. The average Bonchev–Trinajstić information content (AvgIpc) is 2.50. The van der Waals surface area contributed by atoms with Gasteiger partial charge in [-0.1, -0.05) is 36.4 Å². The summed E-state index contributed by atoms with van der Waals surface area (Å²) >= 11 is 0. The highest BCUT2D eigenvalue weighted by molar-refractivity contribution is 5.77. The van der Waals surface area contributed by atoms with Crippen LogP contribution in [0.25, 0.3) is 0 Å². The van der Waals surface area contributed by atoms with Gasteiger partial charge in [-0.05, 0) is 43.2 Å². The molecule has 2 heteroatoms. The van der Waals surface area contributed by atoms with E-state index < -0.39 is 0 Å². The first-order valence-corrected chi connectivity index (χ1v) is 7.21. The number of rotatable bonds is 3. The molecule has 0 saturated heterocycles. The number of nitrogens with zero attached hydrogens (tertiary/aromatic N) is 1. The molecule has 1 aliphatic heterocycles. The molecule has 0 radical (unpaired) electrons. The Hall–Kier alpha value is -2.22. The maximum atomic E-state index is 3.47. The van der Waals surface area contributed by atoms with Crippen molar-refractivity contribution in [3.05, 3.63) is 71.6 Å². The number of benzene rings is 2. The fraction of sp³-hybridized carbons (Fsp3) is 0.222. The molecular weight excluding hydrogens is 244 g/mol. The van der Waals surface area contributed by atoms with E-state index in [1.807, 2.05) is 0 Å². The van der Waals surface area contributed by atoms with Gasteiger partial charge in [-0.3, -0.25) is 4.90 Å². The monoisotopic (exact) mass is 264 g/mol. The zero-order valence-corrected chi connectivity index (χ0v) is 12.1. The van der Waals surface area contributed by atoms with E-state index in [2.05, 4.69) is 78.7 Å². The van der Waals surface area contributed by atoms with Gasteiger partial charge in [-0.2, -0.15) is 0 Å². The van der Waals surface area contributed by atoms with E-state index in [1.54, 1.807) is 0 Å². The Bertz CT molecular complexity index is 598. The van der Waals surface area contributed by atoms with Crippen LogP contribution in [0.15, 0.2) is 60.4 Å². The predicted molar refractivity (Wildman–Crippen MR) is 85.3 cm³/mol. The molecule has 102 valence electrons. The number of anilines is 2. The molecule has 0 spiro atoms. The van der Waals surface area contributed by atoms with Crippen molar-refractivity contribution in [3.63, 3.8) is 0 Å². The zero-order valence-electron chi connectivity index (χ0n) is 12.1. The van der Waals surface area contributed by atoms with Gasteiger partial charge in [-0.15, -0.1) is 0 Å². The normalized spacial score (nSPS) is 13.7. The standard InChI is InChI=1S/C18H20N2/c1-3-18(19-4-2)20-16-11-7-5-9-14(16)13-15-10-6-8-12-17(15)20/h3,5-12,19H,4,13H2,1-2H3/b18-3+. The average molecular weight is 264 g/mol. The van der Waals surface area contributed by atoms with Gasteiger partial charge >= 0.3 is 0 Å². The molecule has 20 heavy (non-hydrogen) atoms. The summed E-state index contributed by atoms with van der Waals surface area (Å²) in [5.74, 6) is 1.15. The van der Waals surface area contributed by atoms with Gasteiger partial charge in [0.1, 0.15) is 5.82 Å². The van der Waals surface area contributed by atoms with Crippen molar-refractivity contribution in [2.75, 3.05) is 11.4 Å². The summed E-state index contributed by atoms with van der Waals surface area (Å²) in [7, 11) is 0. The lowest BCUT2D eigenvalue weighted by molar-refractivity contribution is 0.812. The fourth-order valence-electron chi connectivity index (χ4n) is 2.84. The number of hydrogen-bond acceptors (Lipinski definition) is 2. The summed E-state index contributed by atoms with van der Waals surface area (Å²) in [5.41, 5.74) is 5.31. The van der Waals surface area contributed by atoms with Crippen molar-refractivity contribution in [1.82, 2.24) is 5.32 Å². The van der Waals surface area contributed by atoms with Gasteiger partial charge in [0.15, 0.2) is 0 Å². The summed E-state index contributed by atoms with van der Waals surface area (Å²) < 4.78 is 0. The highest BCUT2D eigenvalue weighted by Crippen LogP contribution is 2.40. The summed E-state index contributed by atoms with van der Waals surface area (Å²) in [5, 5.41) is 3.47. The second kappa shape index (κ2) is 5.41. The first-order valence-electron chi connectivity index (χ1n) is 7.21. The zero-order chi connectivity index (χ0) is 13.9. The molecule has 2 aromatic carbocycles. The maximum absolute atomic E-state index is 3.47. The molecule has 0 aromatic heterocycles. The quantitative estimate of drug-likeness (QED) is 0.893. The van der Waals surface area contributed by atoms with Crippen molar-refractivity contribution in [3.8, 4) is 0 Å². The minimum absolute atomic E-state index is 0.917. The first-order chi connectivity index (χ1) is 9.85. The van der Waals surface area contributed by atoms with Crippen LogP contribution in [0.5, 0.6) is 0 Å². The molecular formula is C18H20N2. The van der Waals surface area contributed by atoms with Crippen LogP contribution in [0.1, 0.15) is 25.0 Å². The van der Waals surface area contributed by atoms with Crippen molar-refractivity contribution in [2.24, 2.45) is 0 Å². The number of para-hydroxylation sites is 2. The van der Waals surface area contributed by atoms with E-state index in [0.717, 1.165) is 18.8 Å². The van der Waals surface area contributed by atoms with E-state index in [1.165, 1.54) is 22.5 Å². The van der Waals surface area contributed by atoms with Crippen LogP contribution in [0, 0.1) is 0 Å². The van der Waals surface area contributed by atoms with Crippen LogP contribution >= 0.6 is 0 Å². The van der Waals surface area contributed by atoms with Crippen molar-refractivity contribution >= 4 is 11.4 Å². The Morgan fingerprint density at radius 1 is 1.05 bits per heavy atom. The van der Waals surface area contributed by atoms with Crippen molar-refractivity contribution in [2.45, 2.75) is 20.3 Å². The second-order valence-corrected chi connectivity index (χ2v) is 4.97. The van der Waals surface area contributed by atoms with Crippen LogP contribution in [0.4, 0.5) is 11.4 Å². The lowest BCUT2D eigenvalue weighted by atomic mass is 9.95. The van der Waals surface area contributed by atoms with E-state index >= 15 is 0 Å². The molecule has 0 bridgehead atoms. The molecule has 0 aliphatic carbocycles. The number of fused-ring (bicyclic) bond motifs is 2. The predicted octanol–water partition coefficient (Wildman–Crippen LogP) is 4.20. The van der Waals surface area contributed by atoms with Crippen LogP contribution in [-0.4, -0.2) is 6.54 Å². The lowest BCUT2D eigenvalue weighted by Gasteiger charge is -2.35. The Morgan fingerprint density at radius 3 is 2.10 bits per heavy atom. The van der Waals surface area contributed by atoms with E-state index in [4.69, 9.17) is 0 Å². The van der Waals surface area contributed by atoms with Gasteiger partial charge < -0.3 is 5.32 Å². The molecule has 0 amide bonds. The van der Waals surface area contributed by atoms with E-state index in [0.29, 0.717) is 0 Å². The topological polar surface area (TPSA) is 15.3 Å². The number of nitrogens with one attached hydrogen (secondary N) is 1. The summed E-state index contributed by atoms with van der Waals surface area (Å²) in [4.78, 5) is 2.33. The molecule has 0 saturated carbocycles. The number of hydrogen-bond donors (Lipinski definition) is 1. The highest BCUT2D eigenvalue weighted by Gasteiger charge is 2.23. The van der Waals surface area contributed by atoms with Crippen LogP contribution in [0.2, 0.25) is 0 Å². The molecule has 1 aliphatic rings. The Morgan fingerprint density at radius 2 is 1.60 bits per heavy atom. The SMILES string of the molecule is C/C=C(\NCC)N1c2ccccc2Cc2ccccc21. The summed E-state index contributed by atoms with van der Waals surface area (Å²) in [6.45, 7) is 5.13. The van der Waals surface area contributed by atoms with Crippen LogP contribution in [-0.2, 0) is 6.42 Å². The molecule has 0 atom stereocenters. The minimum atomic E-state index is 0.917. The summed E-state index contributed by atoms with van der Waals surface area (Å²) in [6.07, 6.45) is 3.15. The molecule has 0 unspecified atom stereocenters. The smallest absolute Gasteiger partial charge is 0.106 e. The first kappa shape index (κ1) is 12.8. The van der Waals surface area contributed by atoms with Gasteiger partial charge in [-0.25, -0.2) is 0 Å². The Balaban J connectivity index is 2.17. The molecule has 0 fully saturated rings. The molecule has 2 nitrogen and oxygen atoms in total. The van der Waals surface area contributed by atoms with E-state index in [-0.39, 0.29) is 0 Å². The van der Waals surface area contributed by atoms with E-state index in [9.17, 15) is 0 Å². The molecule has 1 heterocycles. The van der Waals surface area contributed by atoms with Gasteiger partial charge in [0.25, 0.3) is 0 Å². The number of allylic oxidation sites excluding steroid dienone is 1. The van der Waals surface area contributed by atoms with Gasteiger partial charge in [0.2, 0.25) is 0 Å². The third-order valence-electron chi connectivity index (χ3n) is 3.72. The Kier molecular flexibility index (Phi) is 3.46. The minimum Gasteiger partial charge on any atom is -0.372 e. The van der Waals surface area contributed by atoms with Gasteiger partial charge in [0, 0.05) is 13.0 Å². The van der Waals surface area contributed by atoms with Gasteiger partial charge in [0.05, 0.1) is 11.4 Å². The lowest BCUT2D eigenvalue weighted by Crippen LogP contribution is -2.31. The Labute approximate surface area is 120 Å². The molecule has 2 aromatic rings. The third kappa shape index (κ3) is 2.07. The molecule has 3 rings (SSSR count). The maximum Gasteiger partial charge on any atom is 0.106 e. The van der Waals surface area contributed by atoms with Crippen molar-refractivity contribution < 1.29 is 0 Å². The van der Waals surface area contributed by atoms with Crippen molar-refractivity contribution in [1.29, 1.82) is 0 Å². The third-order valence-corrected chi connectivity index (χ3v) is 3.72. The fourth-order valence-corrected chi connectivity index (χ4v) is 2.84. The highest BCUT2D eigenvalue weighted by atomic mass is 15.3. The molecule has 1 N–H and O–H groups in total. The van der Waals surface area contributed by atoms with Crippen LogP contribution < -0.4 is 10.2 Å². The van der Waals surface area contributed by atoms with Crippen LogP contribution in [0.3, 0.4) is 0 Å². The summed E-state index contributed by atoms with van der Waals surface area (Å²) in [6, 6.07) is 17.3. The second-order valence-electron chi connectivity index (χ2n) is 4.97.